The fourth-order valence-corrected chi connectivity index (χ4v) is 3.17. The number of rotatable bonds is 2. The Hall–Kier alpha value is -0.870. The van der Waals surface area contributed by atoms with Crippen molar-refractivity contribution in [2.24, 2.45) is 0 Å². The lowest BCUT2D eigenvalue weighted by Gasteiger charge is -2.22. The molecule has 0 aliphatic carbocycles. The van der Waals surface area contributed by atoms with E-state index in [0.717, 1.165) is 18.0 Å². The van der Waals surface area contributed by atoms with Gasteiger partial charge >= 0.3 is 0 Å². The summed E-state index contributed by atoms with van der Waals surface area (Å²) in [6, 6.07) is 6.17. The van der Waals surface area contributed by atoms with Gasteiger partial charge in [-0.05, 0) is 44.0 Å². The Morgan fingerprint density at radius 1 is 1.19 bits per heavy atom. The molecule has 0 bridgehead atoms. The first kappa shape index (κ1) is 10.3. The van der Waals surface area contributed by atoms with E-state index in [1.54, 1.807) is 0 Å². The molecular formula is C12H15NO2S. The monoisotopic (exact) mass is 237 g/mol. The number of nitrogens with one attached hydrogen (secondary N) is 1. The zero-order chi connectivity index (χ0) is 10.8. The lowest BCUT2D eigenvalue weighted by Crippen LogP contribution is -2.30. The molecule has 2 heterocycles. The Kier molecular flexibility index (Phi) is 2.93. The van der Waals surface area contributed by atoms with E-state index in [2.05, 4.69) is 17.4 Å². The van der Waals surface area contributed by atoms with Crippen LogP contribution in [-0.4, -0.2) is 18.7 Å². The summed E-state index contributed by atoms with van der Waals surface area (Å²) in [5.41, 5.74) is 0. The molecule has 0 saturated carbocycles. The van der Waals surface area contributed by atoms with Crippen molar-refractivity contribution in [2.75, 3.05) is 13.3 Å². The highest BCUT2D eigenvalue weighted by molar-refractivity contribution is 7.99. The van der Waals surface area contributed by atoms with E-state index in [1.807, 2.05) is 17.8 Å². The fourth-order valence-electron chi connectivity index (χ4n) is 2.03. The second kappa shape index (κ2) is 4.55. The lowest BCUT2D eigenvalue weighted by molar-refractivity contribution is 0.174. The molecule has 3 rings (SSSR count). The van der Waals surface area contributed by atoms with Crippen molar-refractivity contribution in [1.82, 2.24) is 5.32 Å². The lowest BCUT2D eigenvalue weighted by atomic mass is 10.2. The van der Waals surface area contributed by atoms with Crippen molar-refractivity contribution in [1.29, 1.82) is 0 Å². The van der Waals surface area contributed by atoms with Gasteiger partial charge < -0.3 is 14.8 Å². The number of hydrogen-bond donors (Lipinski definition) is 1. The summed E-state index contributed by atoms with van der Waals surface area (Å²) in [5, 5.41) is 4.08. The standard InChI is InChI=1S/C12H15NO2S/c1-2-6-13-12(3-1)16-9-4-5-10-11(7-9)15-8-14-10/h4-5,7,12-13H,1-3,6,8H2. The minimum absolute atomic E-state index is 0.352. The van der Waals surface area contributed by atoms with E-state index < -0.39 is 0 Å². The van der Waals surface area contributed by atoms with Crippen molar-refractivity contribution >= 4 is 11.8 Å². The molecule has 0 aromatic heterocycles. The molecule has 1 aromatic carbocycles. The maximum Gasteiger partial charge on any atom is 0.231 e. The highest BCUT2D eigenvalue weighted by Gasteiger charge is 2.17. The number of hydrogen-bond acceptors (Lipinski definition) is 4. The van der Waals surface area contributed by atoms with E-state index in [4.69, 9.17) is 9.47 Å². The van der Waals surface area contributed by atoms with Crippen LogP contribution >= 0.6 is 11.8 Å². The van der Waals surface area contributed by atoms with E-state index in [0.29, 0.717) is 12.2 Å². The first-order valence-corrected chi connectivity index (χ1v) is 6.59. The predicted octanol–water partition coefficient (Wildman–Crippen LogP) is 2.61. The molecule has 0 spiro atoms. The number of fused-ring (bicyclic) bond motifs is 1. The predicted molar refractivity (Wildman–Crippen MR) is 64.1 cm³/mol. The van der Waals surface area contributed by atoms with Crippen LogP contribution in [0, 0.1) is 0 Å². The van der Waals surface area contributed by atoms with Crippen LogP contribution in [0.1, 0.15) is 19.3 Å². The average Bonchev–Trinajstić information content (AvgIpc) is 2.77. The summed E-state index contributed by atoms with van der Waals surface area (Å²) < 4.78 is 10.7. The first-order chi connectivity index (χ1) is 7.92. The topological polar surface area (TPSA) is 30.5 Å². The van der Waals surface area contributed by atoms with E-state index in [9.17, 15) is 0 Å². The van der Waals surface area contributed by atoms with Crippen LogP contribution in [-0.2, 0) is 0 Å². The van der Waals surface area contributed by atoms with Gasteiger partial charge in [0, 0.05) is 4.90 Å². The SMILES string of the molecule is c1cc2c(cc1SC1CCCCN1)OCO2. The summed E-state index contributed by atoms with van der Waals surface area (Å²) in [4.78, 5) is 1.25. The van der Waals surface area contributed by atoms with Crippen LogP contribution in [0.5, 0.6) is 11.5 Å². The fraction of sp³-hybridized carbons (Fsp3) is 0.500. The smallest absolute Gasteiger partial charge is 0.231 e. The molecule has 2 aliphatic rings. The Morgan fingerprint density at radius 3 is 3.00 bits per heavy atom. The molecule has 0 radical (unpaired) electrons. The van der Waals surface area contributed by atoms with Crippen molar-refractivity contribution in [2.45, 2.75) is 29.5 Å². The molecule has 2 aliphatic heterocycles. The molecule has 1 unspecified atom stereocenters. The van der Waals surface area contributed by atoms with Gasteiger partial charge in [-0.1, -0.05) is 0 Å². The molecule has 1 aromatic rings. The Balaban J connectivity index is 1.69. The zero-order valence-electron chi connectivity index (χ0n) is 9.07. The molecule has 0 amide bonds. The molecule has 1 fully saturated rings. The van der Waals surface area contributed by atoms with Crippen LogP contribution in [0.25, 0.3) is 0 Å². The number of benzene rings is 1. The van der Waals surface area contributed by atoms with Crippen molar-refractivity contribution in [3.8, 4) is 11.5 Å². The summed E-state index contributed by atoms with van der Waals surface area (Å²) in [6.07, 6.45) is 3.88. The molecule has 86 valence electrons. The molecular weight excluding hydrogens is 222 g/mol. The van der Waals surface area contributed by atoms with Gasteiger partial charge in [-0.25, -0.2) is 0 Å². The number of ether oxygens (including phenoxy) is 2. The third-order valence-corrected chi connectivity index (χ3v) is 4.10. The van der Waals surface area contributed by atoms with E-state index in [-0.39, 0.29) is 0 Å². The molecule has 1 N–H and O–H groups in total. The molecule has 1 atom stereocenters. The van der Waals surface area contributed by atoms with Gasteiger partial charge in [-0.2, -0.15) is 0 Å². The summed E-state index contributed by atoms with van der Waals surface area (Å²) in [7, 11) is 0. The highest BCUT2D eigenvalue weighted by Crippen LogP contribution is 2.37. The third-order valence-electron chi connectivity index (χ3n) is 2.89. The third kappa shape index (κ3) is 2.13. The summed E-state index contributed by atoms with van der Waals surface area (Å²) >= 11 is 1.88. The van der Waals surface area contributed by atoms with Gasteiger partial charge in [0.2, 0.25) is 6.79 Å². The first-order valence-electron chi connectivity index (χ1n) is 5.71. The van der Waals surface area contributed by atoms with Crippen LogP contribution in [0.2, 0.25) is 0 Å². The average molecular weight is 237 g/mol. The largest absolute Gasteiger partial charge is 0.454 e. The van der Waals surface area contributed by atoms with Crippen molar-refractivity contribution in [3.05, 3.63) is 18.2 Å². The van der Waals surface area contributed by atoms with Crippen LogP contribution in [0.3, 0.4) is 0 Å². The minimum atomic E-state index is 0.352. The van der Waals surface area contributed by atoms with Crippen molar-refractivity contribution < 1.29 is 9.47 Å². The van der Waals surface area contributed by atoms with Crippen LogP contribution < -0.4 is 14.8 Å². The number of piperidine rings is 1. The van der Waals surface area contributed by atoms with Gasteiger partial charge in [-0.15, -0.1) is 11.8 Å². The van der Waals surface area contributed by atoms with Crippen LogP contribution in [0.4, 0.5) is 0 Å². The quantitative estimate of drug-likeness (QED) is 0.856. The summed E-state index contributed by atoms with van der Waals surface area (Å²) in [5.74, 6) is 1.74. The van der Waals surface area contributed by atoms with Crippen LogP contribution in [0.15, 0.2) is 23.1 Å². The molecule has 4 heteroatoms. The Morgan fingerprint density at radius 2 is 2.12 bits per heavy atom. The highest BCUT2D eigenvalue weighted by atomic mass is 32.2. The maximum atomic E-state index is 5.37. The Bertz CT molecular complexity index is 377. The van der Waals surface area contributed by atoms with E-state index in [1.165, 1.54) is 24.2 Å². The van der Waals surface area contributed by atoms with Gasteiger partial charge in [0.25, 0.3) is 0 Å². The summed E-state index contributed by atoms with van der Waals surface area (Å²) in [6.45, 7) is 1.49. The molecule has 16 heavy (non-hydrogen) atoms. The number of thioether (sulfide) groups is 1. The van der Waals surface area contributed by atoms with Gasteiger partial charge in [0.15, 0.2) is 11.5 Å². The molecule has 3 nitrogen and oxygen atoms in total. The normalized spacial score (nSPS) is 23.4. The Labute approximate surface area is 99.5 Å². The van der Waals surface area contributed by atoms with Gasteiger partial charge in [-0.3, -0.25) is 0 Å². The maximum absolute atomic E-state index is 5.37. The zero-order valence-corrected chi connectivity index (χ0v) is 9.89. The second-order valence-electron chi connectivity index (χ2n) is 4.07. The van der Waals surface area contributed by atoms with E-state index >= 15 is 0 Å². The van der Waals surface area contributed by atoms with Crippen molar-refractivity contribution in [3.63, 3.8) is 0 Å². The van der Waals surface area contributed by atoms with Gasteiger partial charge in [0.1, 0.15) is 0 Å². The minimum Gasteiger partial charge on any atom is -0.454 e. The molecule has 1 saturated heterocycles. The second-order valence-corrected chi connectivity index (χ2v) is 5.35. The van der Waals surface area contributed by atoms with Gasteiger partial charge in [0.05, 0.1) is 5.37 Å².